The van der Waals surface area contributed by atoms with Crippen LogP contribution in [0, 0.1) is 0 Å². The number of anilines is 1. The molecular formula is C26H37N3O5S. The molecule has 2 rings (SSSR count). The van der Waals surface area contributed by atoms with Crippen LogP contribution in [0.15, 0.2) is 48.5 Å². The maximum Gasteiger partial charge on any atom is 0.244 e. The molecule has 0 aromatic heterocycles. The summed E-state index contributed by atoms with van der Waals surface area (Å²) in [6.07, 6.45) is 1.07. The maximum absolute atomic E-state index is 13.5. The summed E-state index contributed by atoms with van der Waals surface area (Å²) in [4.78, 5) is 27.5. The number of hydrogen-bond donors (Lipinski definition) is 1. The molecule has 0 bridgehead atoms. The maximum atomic E-state index is 13.5. The number of hydrogen-bond acceptors (Lipinski definition) is 5. The number of nitrogens with one attached hydrogen (secondary N) is 1. The molecule has 0 fully saturated rings. The van der Waals surface area contributed by atoms with Gasteiger partial charge in [-0.15, -0.1) is 0 Å². The number of methoxy groups -OCH3 is 1. The van der Waals surface area contributed by atoms with E-state index in [1.165, 1.54) is 4.90 Å². The quantitative estimate of drug-likeness (QED) is 0.537. The number of benzene rings is 2. The summed E-state index contributed by atoms with van der Waals surface area (Å²) in [7, 11) is -2.20. The number of carbonyl (C=O) groups is 2. The lowest BCUT2D eigenvalue weighted by molar-refractivity contribution is -0.139. The summed E-state index contributed by atoms with van der Waals surface area (Å²) in [5.41, 5.74) is 2.13. The molecule has 2 amide bonds. The first-order valence-electron chi connectivity index (χ1n) is 11.6. The molecule has 1 atom stereocenters. The zero-order valence-corrected chi connectivity index (χ0v) is 22.5. The van der Waals surface area contributed by atoms with Crippen molar-refractivity contribution in [2.75, 3.05) is 30.8 Å². The van der Waals surface area contributed by atoms with Crippen LogP contribution in [0.5, 0.6) is 5.75 Å². The monoisotopic (exact) mass is 503 g/mol. The average Bonchev–Trinajstić information content (AvgIpc) is 2.79. The first-order valence-corrected chi connectivity index (χ1v) is 13.4. The molecule has 2 aromatic carbocycles. The molecule has 35 heavy (non-hydrogen) atoms. The Morgan fingerprint density at radius 1 is 1.03 bits per heavy atom. The molecule has 0 saturated heterocycles. The van der Waals surface area contributed by atoms with E-state index in [-0.39, 0.29) is 17.9 Å². The van der Waals surface area contributed by atoms with Crippen molar-refractivity contribution in [2.45, 2.75) is 52.6 Å². The molecule has 192 valence electrons. The van der Waals surface area contributed by atoms with Crippen molar-refractivity contribution in [3.05, 3.63) is 59.7 Å². The molecule has 0 spiro atoms. The van der Waals surface area contributed by atoms with Crippen LogP contribution in [-0.2, 0) is 31.6 Å². The van der Waals surface area contributed by atoms with Crippen molar-refractivity contribution in [2.24, 2.45) is 0 Å². The fraction of sp³-hybridized carbons (Fsp3) is 0.462. The van der Waals surface area contributed by atoms with Crippen molar-refractivity contribution in [3.8, 4) is 5.75 Å². The molecular weight excluding hydrogens is 466 g/mol. The number of likely N-dealkylation sites (N-methyl/N-ethyl adjacent to an activating group) is 1. The molecule has 0 aliphatic heterocycles. The van der Waals surface area contributed by atoms with Crippen LogP contribution in [-0.4, -0.2) is 57.6 Å². The lowest BCUT2D eigenvalue weighted by Crippen LogP contribution is -2.51. The predicted octanol–water partition coefficient (Wildman–Crippen LogP) is 3.31. The van der Waals surface area contributed by atoms with E-state index in [4.69, 9.17) is 4.74 Å². The Bertz CT molecular complexity index is 1110. The first-order chi connectivity index (χ1) is 16.3. The van der Waals surface area contributed by atoms with Crippen molar-refractivity contribution in [1.82, 2.24) is 10.2 Å². The zero-order chi connectivity index (χ0) is 26.4. The molecule has 0 aliphatic carbocycles. The van der Waals surface area contributed by atoms with E-state index in [2.05, 4.69) is 26.1 Å². The molecule has 0 saturated carbocycles. The van der Waals surface area contributed by atoms with E-state index in [0.29, 0.717) is 18.0 Å². The second-order valence-corrected chi connectivity index (χ2v) is 11.4. The summed E-state index contributed by atoms with van der Waals surface area (Å²) in [6.45, 7) is 9.78. The highest BCUT2D eigenvalue weighted by Gasteiger charge is 2.30. The van der Waals surface area contributed by atoms with E-state index < -0.39 is 28.5 Å². The molecule has 8 nitrogen and oxygen atoms in total. The third-order valence-electron chi connectivity index (χ3n) is 5.73. The largest absolute Gasteiger partial charge is 0.497 e. The van der Waals surface area contributed by atoms with Gasteiger partial charge in [-0.3, -0.25) is 13.9 Å². The summed E-state index contributed by atoms with van der Waals surface area (Å²) in [5.74, 6) is -0.120. The van der Waals surface area contributed by atoms with Crippen LogP contribution in [0.3, 0.4) is 0 Å². The van der Waals surface area contributed by atoms with E-state index in [9.17, 15) is 18.0 Å². The number of ether oxygens (including phenoxy) is 1. The van der Waals surface area contributed by atoms with Crippen molar-refractivity contribution < 1.29 is 22.7 Å². The number of sulfonamides is 1. The van der Waals surface area contributed by atoms with Gasteiger partial charge in [0.05, 0.1) is 19.1 Å². The van der Waals surface area contributed by atoms with Gasteiger partial charge in [0.15, 0.2) is 0 Å². The minimum atomic E-state index is -3.76. The summed E-state index contributed by atoms with van der Waals surface area (Å²) in [6, 6.07) is 13.5. The SMILES string of the molecule is CCNC(=O)C(C)N(Cc1ccc(OC)cc1)C(=O)CN(c1ccc(C(C)(C)C)cc1)S(C)(=O)=O. The smallest absolute Gasteiger partial charge is 0.244 e. The fourth-order valence-electron chi connectivity index (χ4n) is 3.57. The first kappa shape index (κ1) is 28.2. The van der Waals surface area contributed by atoms with Crippen LogP contribution in [0.1, 0.15) is 45.7 Å². The van der Waals surface area contributed by atoms with Gasteiger partial charge in [-0.25, -0.2) is 8.42 Å². The molecule has 0 radical (unpaired) electrons. The van der Waals surface area contributed by atoms with Crippen molar-refractivity contribution in [3.63, 3.8) is 0 Å². The van der Waals surface area contributed by atoms with Gasteiger partial charge >= 0.3 is 0 Å². The lowest BCUT2D eigenvalue weighted by atomic mass is 9.87. The molecule has 1 unspecified atom stereocenters. The minimum absolute atomic E-state index is 0.0957. The number of amides is 2. The Balaban J connectivity index is 2.38. The lowest BCUT2D eigenvalue weighted by Gasteiger charge is -2.31. The van der Waals surface area contributed by atoms with Crippen LogP contribution in [0.4, 0.5) is 5.69 Å². The number of nitrogens with zero attached hydrogens (tertiary/aromatic N) is 2. The van der Waals surface area contributed by atoms with Gasteiger partial charge < -0.3 is 15.0 Å². The van der Waals surface area contributed by atoms with Gasteiger partial charge in [-0.2, -0.15) is 0 Å². The van der Waals surface area contributed by atoms with Gasteiger partial charge in [0.25, 0.3) is 0 Å². The highest BCUT2D eigenvalue weighted by molar-refractivity contribution is 7.92. The molecule has 0 heterocycles. The van der Waals surface area contributed by atoms with Crippen LogP contribution < -0.4 is 14.4 Å². The summed E-state index contributed by atoms with van der Waals surface area (Å²) >= 11 is 0. The molecule has 1 N–H and O–H groups in total. The Morgan fingerprint density at radius 2 is 1.60 bits per heavy atom. The van der Waals surface area contributed by atoms with Crippen molar-refractivity contribution >= 4 is 27.5 Å². The molecule has 0 aliphatic rings. The summed E-state index contributed by atoms with van der Waals surface area (Å²) < 4.78 is 31.6. The zero-order valence-electron chi connectivity index (χ0n) is 21.7. The minimum Gasteiger partial charge on any atom is -0.497 e. The molecule has 9 heteroatoms. The van der Waals surface area contributed by atoms with Gasteiger partial charge in [-0.1, -0.05) is 45.0 Å². The Hall–Kier alpha value is -3.07. The van der Waals surface area contributed by atoms with Gasteiger partial charge in [0.2, 0.25) is 21.8 Å². The van der Waals surface area contributed by atoms with Crippen LogP contribution >= 0.6 is 0 Å². The van der Waals surface area contributed by atoms with Crippen LogP contribution in [0.25, 0.3) is 0 Å². The number of rotatable bonds is 10. The highest BCUT2D eigenvalue weighted by atomic mass is 32.2. The molecule has 2 aromatic rings. The topological polar surface area (TPSA) is 96.0 Å². The summed E-state index contributed by atoms with van der Waals surface area (Å²) in [5, 5.41) is 2.74. The van der Waals surface area contributed by atoms with E-state index in [1.54, 1.807) is 45.2 Å². The third-order valence-corrected chi connectivity index (χ3v) is 6.87. The third kappa shape index (κ3) is 7.71. The fourth-order valence-corrected chi connectivity index (χ4v) is 4.42. The highest BCUT2D eigenvalue weighted by Crippen LogP contribution is 2.26. The Morgan fingerprint density at radius 3 is 2.06 bits per heavy atom. The Labute approximate surface area is 209 Å². The predicted molar refractivity (Wildman–Crippen MR) is 139 cm³/mol. The Kier molecular flexibility index (Phi) is 9.31. The van der Waals surface area contributed by atoms with E-state index in [0.717, 1.165) is 21.7 Å². The van der Waals surface area contributed by atoms with Gasteiger partial charge in [0, 0.05) is 13.1 Å². The number of carbonyl (C=O) groups excluding carboxylic acids is 2. The van der Waals surface area contributed by atoms with Crippen LogP contribution in [0.2, 0.25) is 0 Å². The average molecular weight is 504 g/mol. The normalized spacial score (nSPS) is 12.5. The van der Waals surface area contributed by atoms with Crippen molar-refractivity contribution in [1.29, 1.82) is 0 Å². The second kappa shape index (κ2) is 11.6. The van der Waals surface area contributed by atoms with Gasteiger partial charge in [-0.05, 0) is 54.7 Å². The van der Waals surface area contributed by atoms with E-state index in [1.807, 2.05) is 24.3 Å². The second-order valence-electron chi connectivity index (χ2n) is 9.51. The standard InChI is InChI=1S/C26H37N3O5S/c1-8-27-25(31)19(2)28(17-20-9-15-23(34-6)16-10-20)24(30)18-29(35(7,32)33)22-13-11-21(12-14-22)26(3,4)5/h9-16,19H,8,17-18H2,1-7H3,(H,27,31). The van der Waals surface area contributed by atoms with E-state index >= 15 is 0 Å². The van der Waals surface area contributed by atoms with Gasteiger partial charge in [0.1, 0.15) is 18.3 Å².